The van der Waals surface area contributed by atoms with Gasteiger partial charge in [-0.25, -0.2) is 4.79 Å². The number of nitro groups is 2. The standard InChI is InChI=1S/C14H10N2O7/c1-8-6-9(15(19)20)7-11(16(21)22)13(8)23-14(18)10-4-2-3-5-12(10)17/h2-7,17H,1H3. The van der Waals surface area contributed by atoms with Gasteiger partial charge in [-0.2, -0.15) is 0 Å². The van der Waals surface area contributed by atoms with Crippen LogP contribution in [-0.4, -0.2) is 20.9 Å². The lowest BCUT2D eigenvalue weighted by Crippen LogP contribution is -2.11. The molecular formula is C14H10N2O7. The van der Waals surface area contributed by atoms with E-state index in [4.69, 9.17) is 4.74 Å². The largest absolute Gasteiger partial charge is 0.507 e. The zero-order valence-corrected chi connectivity index (χ0v) is 11.8. The maximum atomic E-state index is 12.0. The van der Waals surface area contributed by atoms with Crippen LogP contribution in [0.5, 0.6) is 11.5 Å². The second kappa shape index (κ2) is 6.10. The van der Waals surface area contributed by atoms with Crippen molar-refractivity contribution in [1.29, 1.82) is 0 Å². The van der Waals surface area contributed by atoms with Gasteiger partial charge in [0.05, 0.1) is 15.9 Å². The summed E-state index contributed by atoms with van der Waals surface area (Å²) in [4.78, 5) is 32.2. The fraction of sp³-hybridized carbons (Fsp3) is 0.0714. The van der Waals surface area contributed by atoms with Crippen LogP contribution in [0.2, 0.25) is 0 Å². The predicted octanol–water partition coefficient (Wildman–Crippen LogP) is 2.74. The zero-order chi connectivity index (χ0) is 17.1. The number of rotatable bonds is 4. The molecule has 9 nitrogen and oxygen atoms in total. The van der Waals surface area contributed by atoms with Gasteiger partial charge in [-0.3, -0.25) is 20.2 Å². The van der Waals surface area contributed by atoms with Crippen LogP contribution >= 0.6 is 0 Å². The lowest BCUT2D eigenvalue weighted by molar-refractivity contribution is -0.394. The maximum Gasteiger partial charge on any atom is 0.347 e. The monoisotopic (exact) mass is 318 g/mol. The molecule has 2 rings (SSSR count). The summed E-state index contributed by atoms with van der Waals surface area (Å²) < 4.78 is 4.98. The Balaban J connectivity index is 2.47. The topological polar surface area (TPSA) is 133 Å². The van der Waals surface area contributed by atoms with E-state index in [2.05, 4.69) is 0 Å². The molecular weight excluding hydrogens is 308 g/mol. The third-order valence-electron chi connectivity index (χ3n) is 2.97. The Labute approximate surface area is 129 Å². The minimum atomic E-state index is -1.01. The lowest BCUT2D eigenvalue weighted by atomic mass is 10.1. The molecule has 0 heterocycles. The summed E-state index contributed by atoms with van der Waals surface area (Å²) in [6.07, 6.45) is 0. The molecule has 1 N–H and O–H groups in total. The number of phenols is 1. The second-order valence-corrected chi connectivity index (χ2v) is 4.53. The average molecular weight is 318 g/mol. The number of ether oxygens (including phenoxy) is 1. The number of carbonyl (C=O) groups excluding carboxylic acids is 1. The molecule has 118 valence electrons. The summed E-state index contributed by atoms with van der Waals surface area (Å²) in [5.41, 5.74) is -1.33. The molecule has 0 unspecified atom stereocenters. The van der Waals surface area contributed by atoms with E-state index >= 15 is 0 Å². The molecule has 2 aromatic carbocycles. The Bertz CT molecular complexity index is 817. The third-order valence-corrected chi connectivity index (χ3v) is 2.97. The molecule has 0 fully saturated rings. The van der Waals surface area contributed by atoms with Crippen molar-refractivity contribution in [1.82, 2.24) is 0 Å². The molecule has 2 aromatic rings. The number of aryl methyl sites for hydroxylation is 1. The van der Waals surface area contributed by atoms with Crippen molar-refractivity contribution in [2.24, 2.45) is 0 Å². The fourth-order valence-electron chi connectivity index (χ4n) is 1.90. The number of hydrogen-bond donors (Lipinski definition) is 1. The Morgan fingerprint density at radius 1 is 1.13 bits per heavy atom. The van der Waals surface area contributed by atoms with Gasteiger partial charge in [0.1, 0.15) is 11.3 Å². The van der Waals surface area contributed by atoms with Crippen LogP contribution in [-0.2, 0) is 0 Å². The highest BCUT2D eigenvalue weighted by molar-refractivity contribution is 5.94. The number of hydrogen-bond acceptors (Lipinski definition) is 7. The highest BCUT2D eigenvalue weighted by Crippen LogP contribution is 2.35. The van der Waals surface area contributed by atoms with Crippen LogP contribution in [0, 0.1) is 27.2 Å². The molecule has 0 spiro atoms. The molecule has 0 atom stereocenters. The number of phenolic OH excluding ortho intramolecular Hbond substituents is 1. The first-order chi connectivity index (χ1) is 10.8. The predicted molar refractivity (Wildman–Crippen MR) is 77.6 cm³/mol. The first-order valence-corrected chi connectivity index (χ1v) is 6.25. The molecule has 0 aliphatic rings. The number of nitro benzene ring substituents is 2. The van der Waals surface area contributed by atoms with E-state index in [9.17, 15) is 30.1 Å². The van der Waals surface area contributed by atoms with E-state index in [-0.39, 0.29) is 16.9 Å². The molecule has 0 amide bonds. The smallest absolute Gasteiger partial charge is 0.347 e. The van der Waals surface area contributed by atoms with Crippen molar-refractivity contribution in [2.45, 2.75) is 6.92 Å². The zero-order valence-electron chi connectivity index (χ0n) is 11.8. The molecule has 0 radical (unpaired) electrons. The van der Waals surface area contributed by atoms with Crippen molar-refractivity contribution >= 4 is 17.3 Å². The van der Waals surface area contributed by atoms with Gasteiger partial charge in [0, 0.05) is 11.6 Å². The number of non-ortho nitro benzene ring substituents is 1. The number of nitrogens with zero attached hydrogens (tertiary/aromatic N) is 2. The van der Waals surface area contributed by atoms with Crippen LogP contribution in [0.15, 0.2) is 36.4 Å². The van der Waals surface area contributed by atoms with Gasteiger partial charge in [-0.05, 0) is 19.1 Å². The van der Waals surface area contributed by atoms with E-state index in [1.54, 1.807) is 0 Å². The summed E-state index contributed by atoms with van der Waals surface area (Å²) in [5.74, 6) is -1.77. The average Bonchev–Trinajstić information content (AvgIpc) is 2.48. The maximum absolute atomic E-state index is 12.0. The molecule has 0 aliphatic heterocycles. The van der Waals surface area contributed by atoms with Crippen molar-refractivity contribution in [3.05, 3.63) is 67.8 Å². The van der Waals surface area contributed by atoms with Crippen molar-refractivity contribution in [3.63, 3.8) is 0 Å². The van der Waals surface area contributed by atoms with Gasteiger partial charge in [-0.15, -0.1) is 0 Å². The number of aromatic hydroxyl groups is 1. The minimum Gasteiger partial charge on any atom is -0.507 e. The van der Waals surface area contributed by atoms with E-state index in [1.165, 1.54) is 31.2 Å². The van der Waals surface area contributed by atoms with Gasteiger partial charge < -0.3 is 9.84 Å². The van der Waals surface area contributed by atoms with Crippen molar-refractivity contribution in [2.75, 3.05) is 0 Å². The summed E-state index contributed by atoms with van der Waals surface area (Å²) in [6.45, 7) is 1.34. The van der Waals surface area contributed by atoms with Gasteiger partial charge >= 0.3 is 11.7 Å². The normalized spacial score (nSPS) is 10.1. The third kappa shape index (κ3) is 3.23. The molecule has 9 heteroatoms. The van der Waals surface area contributed by atoms with Gasteiger partial charge in [0.2, 0.25) is 5.75 Å². The van der Waals surface area contributed by atoms with Crippen LogP contribution in [0.3, 0.4) is 0 Å². The quantitative estimate of drug-likeness (QED) is 0.396. The molecule has 0 bridgehead atoms. The Hall–Kier alpha value is -3.49. The summed E-state index contributed by atoms with van der Waals surface area (Å²) in [5, 5.41) is 31.4. The molecule has 0 aromatic heterocycles. The summed E-state index contributed by atoms with van der Waals surface area (Å²) in [6, 6.07) is 7.28. The first-order valence-electron chi connectivity index (χ1n) is 6.25. The molecule has 0 saturated heterocycles. The van der Waals surface area contributed by atoms with Crippen LogP contribution in [0.1, 0.15) is 15.9 Å². The second-order valence-electron chi connectivity index (χ2n) is 4.53. The highest BCUT2D eigenvalue weighted by Gasteiger charge is 2.26. The number of para-hydroxylation sites is 1. The number of esters is 1. The molecule has 23 heavy (non-hydrogen) atoms. The van der Waals surface area contributed by atoms with Crippen LogP contribution < -0.4 is 4.74 Å². The highest BCUT2D eigenvalue weighted by atomic mass is 16.6. The van der Waals surface area contributed by atoms with Gasteiger partial charge in [0.15, 0.2) is 0 Å². The van der Waals surface area contributed by atoms with Gasteiger partial charge in [-0.1, -0.05) is 12.1 Å². The summed E-state index contributed by atoms with van der Waals surface area (Å²) >= 11 is 0. The van der Waals surface area contributed by atoms with E-state index in [1.807, 2.05) is 0 Å². The van der Waals surface area contributed by atoms with E-state index < -0.39 is 32.9 Å². The molecule has 0 saturated carbocycles. The first kappa shape index (κ1) is 15.9. The van der Waals surface area contributed by atoms with Crippen molar-refractivity contribution < 1.29 is 24.5 Å². The SMILES string of the molecule is Cc1cc([N+](=O)[O-])cc([N+](=O)[O-])c1OC(=O)c1ccccc1O. The fourth-order valence-corrected chi connectivity index (χ4v) is 1.90. The van der Waals surface area contributed by atoms with Gasteiger partial charge in [0.25, 0.3) is 5.69 Å². The molecule has 0 aliphatic carbocycles. The van der Waals surface area contributed by atoms with Crippen molar-refractivity contribution in [3.8, 4) is 11.5 Å². The Morgan fingerprint density at radius 2 is 1.78 bits per heavy atom. The number of benzene rings is 2. The van der Waals surface area contributed by atoms with Crippen LogP contribution in [0.25, 0.3) is 0 Å². The lowest BCUT2D eigenvalue weighted by Gasteiger charge is -2.08. The minimum absolute atomic E-state index is 0.0506. The van der Waals surface area contributed by atoms with E-state index in [0.29, 0.717) is 6.07 Å². The number of carbonyl (C=O) groups is 1. The Kier molecular flexibility index (Phi) is 4.21. The van der Waals surface area contributed by atoms with Crippen LogP contribution in [0.4, 0.5) is 11.4 Å². The van der Waals surface area contributed by atoms with E-state index in [0.717, 1.165) is 6.07 Å². The Morgan fingerprint density at radius 3 is 2.35 bits per heavy atom. The summed E-state index contributed by atoms with van der Waals surface area (Å²) in [7, 11) is 0.